The van der Waals surface area contributed by atoms with Gasteiger partial charge in [0, 0.05) is 25.8 Å². The average molecular weight is 346 g/mol. The van der Waals surface area contributed by atoms with E-state index in [2.05, 4.69) is 4.98 Å². The summed E-state index contributed by atoms with van der Waals surface area (Å²) in [6.07, 6.45) is 0.911. The van der Waals surface area contributed by atoms with Crippen LogP contribution in [0, 0.1) is 5.82 Å². The Kier molecular flexibility index (Phi) is 5.31. The monoisotopic (exact) mass is 345 g/mol. The van der Waals surface area contributed by atoms with Crippen LogP contribution in [0.2, 0.25) is 5.02 Å². The van der Waals surface area contributed by atoms with Crippen LogP contribution >= 0.6 is 11.6 Å². The number of halogens is 2. The summed E-state index contributed by atoms with van der Waals surface area (Å²) in [7, 11) is 0. The number of aliphatic hydroxyl groups excluding tert-OH is 1. The van der Waals surface area contributed by atoms with Gasteiger partial charge in [0.15, 0.2) is 11.6 Å². The Morgan fingerprint density at radius 3 is 2.78 bits per heavy atom. The molecule has 1 aromatic heterocycles. The lowest BCUT2D eigenvalue weighted by atomic mass is 10.1. The molecule has 1 amide bonds. The zero-order valence-corrected chi connectivity index (χ0v) is 14.2. The molecule has 8 heteroatoms. The maximum absolute atomic E-state index is 14.0. The second kappa shape index (κ2) is 6.88. The van der Waals surface area contributed by atoms with Gasteiger partial charge in [-0.05, 0) is 26.8 Å². The summed E-state index contributed by atoms with van der Waals surface area (Å²) in [4.78, 5) is 19.3. The standard InChI is InChI=1S/C15H21ClFN3O3/c1-15(2,3)23-14(22)19-4-5-20(11(8-19)9-21)13-12(17)6-10(16)7-18-13/h6-7,11,21H,4-5,8-9H2,1-3H3/t11-/m1/s1. The molecule has 0 aliphatic carbocycles. The first-order chi connectivity index (χ1) is 10.7. The number of amides is 1. The summed E-state index contributed by atoms with van der Waals surface area (Å²) in [5.74, 6) is -0.432. The van der Waals surface area contributed by atoms with Crippen molar-refractivity contribution in [1.29, 1.82) is 0 Å². The third-order valence-electron chi connectivity index (χ3n) is 3.41. The SMILES string of the molecule is CC(C)(C)OC(=O)N1CCN(c2ncc(Cl)cc2F)[C@@H](CO)C1. The van der Waals surface area contributed by atoms with Gasteiger partial charge in [-0.1, -0.05) is 11.6 Å². The second-order valence-corrected chi connectivity index (χ2v) is 6.85. The Balaban J connectivity index is 2.11. The first-order valence-corrected chi connectivity index (χ1v) is 7.75. The van der Waals surface area contributed by atoms with E-state index in [9.17, 15) is 14.3 Å². The number of pyridine rings is 1. The molecule has 0 unspecified atom stereocenters. The fourth-order valence-corrected chi connectivity index (χ4v) is 2.55. The second-order valence-electron chi connectivity index (χ2n) is 6.42. The van der Waals surface area contributed by atoms with Crippen LogP contribution < -0.4 is 4.90 Å². The third kappa shape index (κ3) is 4.45. The molecule has 1 aromatic rings. The number of hydrogen-bond donors (Lipinski definition) is 1. The highest BCUT2D eigenvalue weighted by atomic mass is 35.5. The largest absolute Gasteiger partial charge is 0.444 e. The molecular formula is C15H21ClFN3O3. The van der Waals surface area contributed by atoms with Crippen LogP contribution in [0.5, 0.6) is 0 Å². The first kappa shape index (κ1) is 17.7. The fourth-order valence-electron chi connectivity index (χ4n) is 2.40. The van der Waals surface area contributed by atoms with Crippen molar-refractivity contribution in [1.82, 2.24) is 9.88 Å². The normalized spacial score (nSPS) is 19.0. The minimum Gasteiger partial charge on any atom is -0.444 e. The van der Waals surface area contributed by atoms with Crippen LogP contribution in [0.15, 0.2) is 12.3 Å². The molecule has 0 saturated carbocycles. The average Bonchev–Trinajstić information content (AvgIpc) is 2.45. The van der Waals surface area contributed by atoms with E-state index in [1.165, 1.54) is 17.2 Å². The van der Waals surface area contributed by atoms with Gasteiger partial charge in [-0.15, -0.1) is 0 Å². The van der Waals surface area contributed by atoms with Gasteiger partial charge in [0.05, 0.1) is 17.7 Å². The minimum absolute atomic E-state index is 0.122. The summed E-state index contributed by atoms with van der Waals surface area (Å²) >= 11 is 5.71. The molecule has 1 aliphatic heterocycles. The van der Waals surface area contributed by atoms with E-state index >= 15 is 0 Å². The van der Waals surface area contributed by atoms with Gasteiger partial charge in [-0.25, -0.2) is 14.2 Å². The van der Waals surface area contributed by atoms with Crippen LogP contribution in [0.3, 0.4) is 0 Å². The van der Waals surface area contributed by atoms with Gasteiger partial charge in [0.1, 0.15) is 5.60 Å². The lowest BCUT2D eigenvalue weighted by molar-refractivity contribution is 0.0197. The number of anilines is 1. The molecule has 1 N–H and O–H groups in total. The van der Waals surface area contributed by atoms with E-state index in [1.54, 1.807) is 25.7 Å². The summed E-state index contributed by atoms with van der Waals surface area (Å²) in [5.41, 5.74) is -0.591. The van der Waals surface area contributed by atoms with Crippen molar-refractivity contribution in [3.05, 3.63) is 23.1 Å². The third-order valence-corrected chi connectivity index (χ3v) is 3.61. The molecule has 1 atom stereocenters. The van der Waals surface area contributed by atoms with E-state index in [-0.39, 0.29) is 24.0 Å². The molecule has 1 aliphatic rings. The lowest BCUT2D eigenvalue weighted by Gasteiger charge is -2.41. The van der Waals surface area contributed by atoms with E-state index in [4.69, 9.17) is 16.3 Å². The molecule has 1 fully saturated rings. The molecule has 6 nitrogen and oxygen atoms in total. The van der Waals surface area contributed by atoms with Crippen LogP contribution in [0.4, 0.5) is 15.0 Å². The van der Waals surface area contributed by atoms with E-state index in [0.29, 0.717) is 13.1 Å². The van der Waals surface area contributed by atoms with Gasteiger partial charge < -0.3 is 19.6 Å². The Bertz CT molecular complexity index is 580. The van der Waals surface area contributed by atoms with Gasteiger partial charge in [-0.3, -0.25) is 0 Å². The predicted octanol–water partition coefficient (Wildman–Crippen LogP) is 2.29. The molecule has 1 saturated heterocycles. The lowest BCUT2D eigenvalue weighted by Crippen LogP contribution is -2.57. The number of rotatable bonds is 2. The fraction of sp³-hybridized carbons (Fsp3) is 0.600. The first-order valence-electron chi connectivity index (χ1n) is 7.37. The molecule has 0 spiro atoms. The van der Waals surface area contributed by atoms with Crippen molar-refractivity contribution >= 4 is 23.5 Å². The highest BCUT2D eigenvalue weighted by Crippen LogP contribution is 2.24. The smallest absolute Gasteiger partial charge is 0.410 e. The molecule has 2 heterocycles. The zero-order valence-electron chi connectivity index (χ0n) is 13.4. The zero-order chi connectivity index (χ0) is 17.2. The highest BCUT2D eigenvalue weighted by molar-refractivity contribution is 6.30. The summed E-state index contributed by atoms with van der Waals surface area (Å²) in [5, 5.41) is 9.81. The number of carbonyl (C=O) groups excluding carboxylic acids is 1. The molecule has 2 rings (SSSR count). The van der Waals surface area contributed by atoms with Crippen LogP contribution in [-0.4, -0.2) is 59.0 Å². The number of piperazine rings is 1. The number of hydrogen-bond acceptors (Lipinski definition) is 5. The van der Waals surface area contributed by atoms with Gasteiger partial charge in [0.25, 0.3) is 0 Å². The van der Waals surface area contributed by atoms with Crippen molar-refractivity contribution in [2.45, 2.75) is 32.4 Å². The number of aromatic nitrogens is 1. The van der Waals surface area contributed by atoms with Gasteiger partial charge in [-0.2, -0.15) is 0 Å². The van der Waals surface area contributed by atoms with Crippen LogP contribution in [-0.2, 0) is 4.74 Å². The Morgan fingerprint density at radius 2 is 2.22 bits per heavy atom. The van der Waals surface area contributed by atoms with Crippen LogP contribution in [0.25, 0.3) is 0 Å². The van der Waals surface area contributed by atoms with Gasteiger partial charge in [0.2, 0.25) is 0 Å². The Hall–Kier alpha value is -1.60. The van der Waals surface area contributed by atoms with Crippen molar-refractivity contribution in [2.75, 3.05) is 31.1 Å². The maximum Gasteiger partial charge on any atom is 0.410 e. The molecule has 128 valence electrons. The van der Waals surface area contributed by atoms with Crippen molar-refractivity contribution in [3.63, 3.8) is 0 Å². The maximum atomic E-state index is 14.0. The molecule has 0 aromatic carbocycles. The van der Waals surface area contributed by atoms with Crippen molar-refractivity contribution in [3.8, 4) is 0 Å². The predicted molar refractivity (Wildman–Crippen MR) is 85.2 cm³/mol. The highest BCUT2D eigenvalue weighted by Gasteiger charge is 2.33. The van der Waals surface area contributed by atoms with Crippen LogP contribution in [0.1, 0.15) is 20.8 Å². The van der Waals surface area contributed by atoms with E-state index in [0.717, 1.165) is 0 Å². The van der Waals surface area contributed by atoms with E-state index < -0.39 is 23.6 Å². The number of carbonyl (C=O) groups is 1. The number of ether oxygens (including phenoxy) is 1. The van der Waals surface area contributed by atoms with Gasteiger partial charge >= 0.3 is 6.09 Å². The van der Waals surface area contributed by atoms with Crippen molar-refractivity contribution in [2.24, 2.45) is 0 Å². The molecular weight excluding hydrogens is 325 g/mol. The van der Waals surface area contributed by atoms with Crippen molar-refractivity contribution < 1.29 is 19.0 Å². The molecule has 0 radical (unpaired) electrons. The minimum atomic E-state index is -0.591. The summed E-state index contributed by atoms with van der Waals surface area (Å²) < 4.78 is 19.4. The number of nitrogens with zero attached hydrogens (tertiary/aromatic N) is 3. The van der Waals surface area contributed by atoms with E-state index in [1.807, 2.05) is 0 Å². The molecule has 0 bridgehead atoms. The Morgan fingerprint density at radius 1 is 1.52 bits per heavy atom. The number of aliphatic hydroxyl groups is 1. The topological polar surface area (TPSA) is 65.9 Å². The summed E-state index contributed by atoms with van der Waals surface area (Å²) in [6.45, 7) is 6.07. The molecule has 23 heavy (non-hydrogen) atoms. The summed E-state index contributed by atoms with van der Waals surface area (Å²) in [6, 6.07) is 0.720. The Labute approximate surface area is 139 Å². The quantitative estimate of drug-likeness (QED) is 0.891.